The Morgan fingerprint density at radius 2 is 1.72 bits per heavy atom. The van der Waals surface area contributed by atoms with Crippen LogP contribution < -0.4 is 5.32 Å². The number of anilines is 1. The normalized spacial score (nSPS) is 12.2. The molecule has 3 rings (SSSR count). The maximum atomic E-state index is 12.9. The van der Waals surface area contributed by atoms with Crippen molar-refractivity contribution >= 4 is 17.5 Å². The molecule has 0 radical (unpaired) electrons. The number of rotatable bonds is 6. The maximum absolute atomic E-state index is 12.9. The number of aryl methyl sites for hydroxylation is 1. The summed E-state index contributed by atoms with van der Waals surface area (Å²) in [5, 5.41) is 3.31. The van der Waals surface area contributed by atoms with Gasteiger partial charge in [0.1, 0.15) is 0 Å². The van der Waals surface area contributed by atoms with Crippen molar-refractivity contribution in [3.63, 3.8) is 0 Å². The van der Waals surface area contributed by atoms with E-state index in [0.717, 1.165) is 40.2 Å². The molecule has 5 heteroatoms. The van der Waals surface area contributed by atoms with Crippen molar-refractivity contribution < 1.29 is 18.0 Å². The molecule has 0 aliphatic carbocycles. The van der Waals surface area contributed by atoms with Crippen LogP contribution in [0.5, 0.6) is 0 Å². The summed E-state index contributed by atoms with van der Waals surface area (Å²) in [5.41, 5.74) is 4.89. The summed E-state index contributed by atoms with van der Waals surface area (Å²) in [6.45, 7) is 5.37. The van der Waals surface area contributed by atoms with E-state index in [1.165, 1.54) is 6.07 Å². The highest BCUT2D eigenvalue weighted by Gasteiger charge is 2.30. The molecule has 0 saturated heterocycles. The van der Waals surface area contributed by atoms with Crippen molar-refractivity contribution in [2.75, 3.05) is 5.32 Å². The molecular formula is C27H24F3NO. The number of ketones is 1. The summed E-state index contributed by atoms with van der Waals surface area (Å²) in [6, 6.07) is 18.6. The summed E-state index contributed by atoms with van der Waals surface area (Å²) in [4.78, 5) is 12.0. The predicted octanol–water partition coefficient (Wildman–Crippen LogP) is 7.91. The summed E-state index contributed by atoms with van der Waals surface area (Å²) in [6.07, 6.45) is 0.867. The molecule has 0 saturated carbocycles. The third kappa shape index (κ3) is 5.55. The fourth-order valence-corrected chi connectivity index (χ4v) is 3.38. The van der Waals surface area contributed by atoms with Crippen molar-refractivity contribution in [3.8, 4) is 11.1 Å². The van der Waals surface area contributed by atoms with Crippen LogP contribution in [-0.4, -0.2) is 5.78 Å². The Labute approximate surface area is 186 Å². The van der Waals surface area contributed by atoms with Gasteiger partial charge in [-0.2, -0.15) is 13.2 Å². The van der Waals surface area contributed by atoms with Crippen LogP contribution in [0.1, 0.15) is 40.9 Å². The maximum Gasteiger partial charge on any atom is 0.416 e. The van der Waals surface area contributed by atoms with Gasteiger partial charge in [0.05, 0.1) is 5.56 Å². The average Bonchev–Trinajstić information content (AvgIpc) is 2.77. The molecule has 0 aliphatic heterocycles. The highest BCUT2D eigenvalue weighted by molar-refractivity contribution is 6.00. The number of alkyl halides is 3. The number of Topliss-reactive ketones (excluding diaryl/α,β-unsaturated/α-hetero) is 1. The van der Waals surface area contributed by atoms with Gasteiger partial charge in [0, 0.05) is 16.9 Å². The van der Waals surface area contributed by atoms with Crippen LogP contribution in [0.15, 0.2) is 84.6 Å². The fraction of sp³-hybridized carbons (Fsp3) is 0.148. The minimum absolute atomic E-state index is 0.0105. The molecule has 0 heterocycles. The van der Waals surface area contributed by atoms with Crippen LogP contribution in [0, 0.1) is 6.92 Å². The zero-order valence-electron chi connectivity index (χ0n) is 18.1. The van der Waals surface area contributed by atoms with Crippen LogP contribution >= 0.6 is 0 Å². The van der Waals surface area contributed by atoms with E-state index in [0.29, 0.717) is 11.1 Å². The molecule has 0 aliphatic rings. The number of benzene rings is 3. The van der Waals surface area contributed by atoms with Crippen molar-refractivity contribution in [3.05, 3.63) is 107 Å². The largest absolute Gasteiger partial charge is 0.416 e. The van der Waals surface area contributed by atoms with E-state index in [4.69, 9.17) is 0 Å². The molecule has 2 nitrogen and oxygen atoms in total. The van der Waals surface area contributed by atoms with Gasteiger partial charge in [-0.05, 0) is 73.4 Å². The van der Waals surface area contributed by atoms with E-state index in [2.05, 4.69) is 5.32 Å². The second-order valence-corrected chi connectivity index (χ2v) is 7.46. The number of carbonyl (C=O) groups excluding carboxylic acids is 1. The molecule has 32 heavy (non-hydrogen) atoms. The number of halogens is 3. The summed E-state index contributed by atoms with van der Waals surface area (Å²) in [5.74, 6) is 0.0105. The Balaban J connectivity index is 1.81. The van der Waals surface area contributed by atoms with Crippen molar-refractivity contribution in [1.82, 2.24) is 0 Å². The summed E-state index contributed by atoms with van der Waals surface area (Å²) < 4.78 is 38.8. The molecule has 1 N–H and O–H groups in total. The van der Waals surface area contributed by atoms with E-state index in [1.807, 2.05) is 62.4 Å². The fourth-order valence-electron chi connectivity index (χ4n) is 3.38. The molecule has 3 aromatic rings. The Kier molecular flexibility index (Phi) is 6.98. The summed E-state index contributed by atoms with van der Waals surface area (Å²) >= 11 is 0. The summed E-state index contributed by atoms with van der Waals surface area (Å²) in [7, 11) is 0. The Hall–Kier alpha value is -3.60. The van der Waals surface area contributed by atoms with Gasteiger partial charge < -0.3 is 5.32 Å². The molecule has 0 amide bonds. The first kappa shape index (κ1) is 23.1. The van der Waals surface area contributed by atoms with E-state index < -0.39 is 11.7 Å². The van der Waals surface area contributed by atoms with E-state index >= 15 is 0 Å². The standard InChI is InChI=1S/C27H24F3NO/c1-4-23(14-12-20-8-7-9-22(17-20)27(28,29)30)31-26-15-13-21(16-18(26)2)25-11-6-5-10-24(25)19(3)32/h4-17,31H,1-3H3/b14-12+,23-4-. The van der Waals surface area contributed by atoms with Crippen molar-refractivity contribution in [2.45, 2.75) is 26.9 Å². The molecule has 0 spiro atoms. The average molecular weight is 435 g/mol. The second-order valence-electron chi connectivity index (χ2n) is 7.46. The number of nitrogens with one attached hydrogen (secondary N) is 1. The van der Waals surface area contributed by atoms with Crippen molar-refractivity contribution in [2.24, 2.45) is 0 Å². The monoisotopic (exact) mass is 435 g/mol. The third-order valence-electron chi connectivity index (χ3n) is 5.10. The van der Waals surface area contributed by atoms with Crippen LogP contribution in [0.25, 0.3) is 17.2 Å². The Morgan fingerprint density at radius 1 is 0.969 bits per heavy atom. The van der Waals surface area contributed by atoms with E-state index in [-0.39, 0.29) is 5.78 Å². The van der Waals surface area contributed by atoms with Crippen LogP contribution in [-0.2, 0) is 6.18 Å². The number of hydrogen-bond acceptors (Lipinski definition) is 2. The lowest BCUT2D eigenvalue weighted by atomic mass is 9.96. The molecule has 0 unspecified atom stereocenters. The number of allylic oxidation sites excluding steroid dienone is 2. The van der Waals surface area contributed by atoms with Gasteiger partial charge in [-0.15, -0.1) is 0 Å². The first-order valence-corrected chi connectivity index (χ1v) is 10.2. The molecule has 0 aromatic heterocycles. The first-order valence-electron chi connectivity index (χ1n) is 10.2. The minimum atomic E-state index is -4.37. The van der Waals surface area contributed by atoms with Gasteiger partial charge in [0.15, 0.2) is 5.78 Å². The molecule has 0 fully saturated rings. The Bertz CT molecular complexity index is 1190. The first-order chi connectivity index (χ1) is 15.2. The zero-order valence-corrected chi connectivity index (χ0v) is 18.1. The highest BCUT2D eigenvalue weighted by Crippen LogP contribution is 2.30. The number of hydrogen-bond donors (Lipinski definition) is 1. The number of carbonyl (C=O) groups is 1. The van der Waals surface area contributed by atoms with Crippen molar-refractivity contribution in [1.29, 1.82) is 0 Å². The SMILES string of the molecule is C/C=C(/C=C/c1cccc(C(F)(F)F)c1)Nc1ccc(-c2ccccc2C(C)=O)cc1C. The molecular weight excluding hydrogens is 411 g/mol. The van der Waals surface area contributed by atoms with Crippen LogP contribution in [0.4, 0.5) is 18.9 Å². The van der Waals surface area contributed by atoms with Crippen LogP contribution in [0.3, 0.4) is 0 Å². The zero-order chi connectivity index (χ0) is 23.3. The van der Waals surface area contributed by atoms with Gasteiger partial charge in [-0.25, -0.2) is 0 Å². The molecule has 0 bridgehead atoms. The second kappa shape index (κ2) is 9.69. The molecule has 3 aromatic carbocycles. The highest BCUT2D eigenvalue weighted by atomic mass is 19.4. The Morgan fingerprint density at radius 3 is 2.38 bits per heavy atom. The quantitative estimate of drug-likeness (QED) is 0.315. The van der Waals surface area contributed by atoms with Crippen LogP contribution in [0.2, 0.25) is 0 Å². The van der Waals surface area contributed by atoms with E-state index in [1.54, 1.807) is 25.1 Å². The lowest BCUT2D eigenvalue weighted by Gasteiger charge is -2.13. The topological polar surface area (TPSA) is 29.1 Å². The van der Waals surface area contributed by atoms with Gasteiger partial charge >= 0.3 is 6.18 Å². The van der Waals surface area contributed by atoms with E-state index in [9.17, 15) is 18.0 Å². The molecule has 164 valence electrons. The van der Waals surface area contributed by atoms with Gasteiger partial charge in [-0.1, -0.05) is 54.6 Å². The van der Waals surface area contributed by atoms with Gasteiger partial charge in [0.2, 0.25) is 0 Å². The van der Waals surface area contributed by atoms with Gasteiger partial charge in [-0.3, -0.25) is 4.79 Å². The molecule has 0 atom stereocenters. The lowest BCUT2D eigenvalue weighted by molar-refractivity contribution is -0.137. The predicted molar refractivity (Wildman–Crippen MR) is 124 cm³/mol. The third-order valence-corrected chi connectivity index (χ3v) is 5.10. The van der Waals surface area contributed by atoms with Gasteiger partial charge in [0.25, 0.3) is 0 Å². The lowest BCUT2D eigenvalue weighted by Crippen LogP contribution is -2.04. The minimum Gasteiger partial charge on any atom is -0.356 e. The smallest absolute Gasteiger partial charge is 0.356 e.